The molecule has 0 aliphatic carbocycles. The molecule has 0 bridgehead atoms. The quantitative estimate of drug-likeness (QED) is 0.216. The van der Waals surface area contributed by atoms with Crippen LogP contribution in [0.3, 0.4) is 0 Å². The van der Waals surface area contributed by atoms with E-state index < -0.39 is 29.1 Å². The van der Waals surface area contributed by atoms with Crippen LogP contribution in [0.2, 0.25) is 0 Å². The lowest BCUT2D eigenvalue weighted by molar-refractivity contribution is -0.137. The Morgan fingerprint density at radius 3 is 2.26 bits per heavy atom. The van der Waals surface area contributed by atoms with E-state index in [4.69, 9.17) is 4.74 Å². The van der Waals surface area contributed by atoms with E-state index in [1.807, 2.05) is 30.3 Å². The van der Waals surface area contributed by atoms with Crippen molar-refractivity contribution >= 4 is 11.2 Å². The second-order valence-corrected chi connectivity index (χ2v) is 8.95. The molecule has 0 radical (unpaired) electrons. The van der Waals surface area contributed by atoms with Gasteiger partial charge in [-0.3, -0.25) is 4.57 Å². The van der Waals surface area contributed by atoms with Gasteiger partial charge in [-0.15, -0.1) is 0 Å². The molecule has 2 aromatic heterocycles. The first-order chi connectivity index (χ1) is 18.1. The largest absolute Gasteiger partial charge is 0.489 e. The zero-order valence-electron chi connectivity index (χ0n) is 20.3. The van der Waals surface area contributed by atoms with Crippen molar-refractivity contribution in [2.75, 3.05) is 0 Å². The highest BCUT2D eigenvalue weighted by atomic mass is 19.4. The molecule has 0 saturated heterocycles. The van der Waals surface area contributed by atoms with Crippen molar-refractivity contribution in [2.45, 2.75) is 32.5 Å². The van der Waals surface area contributed by atoms with E-state index in [0.717, 1.165) is 29.8 Å². The molecule has 2 heterocycles. The van der Waals surface area contributed by atoms with Crippen LogP contribution >= 0.6 is 0 Å². The topological polar surface area (TPSA) is 52.8 Å². The summed E-state index contributed by atoms with van der Waals surface area (Å²) in [6.45, 7) is 3.72. The van der Waals surface area contributed by atoms with Crippen molar-refractivity contribution in [3.63, 3.8) is 0 Å². The highest BCUT2D eigenvalue weighted by molar-refractivity contribution is 5.76. The van der Waals surface area contributed by atoms with Crippen LogP contribution in [-0.4, -0.2) is 19.5 Å². The number of alkyl halides is 3. The average molecular weight is 524 g/mol. The molecule has 0 aliphatic heterocycles. The van der Waals surface area contributed by atoms with Gasteiger partial charge in [0.2, 0.25) is 0 Å². The molecule has 0 saturated carbocycles. The molecular formula is C28H21F5N4O. The number of fused-ring (bicyclic) bond motifs is 1. The Hall–Kier alpha value is -4.34. The van der Waals surface area contributed by atoms with Gasteiger partial charge in [-0.25, -0.2) is 23.7 Å². The van der Waals surface area contributed by atoms with Crippen LogP contribution in [-0.2, 0) is 12.8 Å². The van der Waals surface area contributed by atoms with Gasteiger partial charge in [0.15, 0.2) is 23.1 Å². The monoisotopic (exact) mass is 524 g/mol. The Morgan fingerprint density at radius 2 is 1.61 bits per heavy atom. The van der Waals surface area contributed by atoms with Gasteiger partial charge in [0, 0.05) is 23.6 Å². The third kappa shape index (κ3) is 4.93. The standard InChI is InChI=1S/C28H21F5N4O/c1-16(2)26-35-23-14-34-25(18-9-6-10-19(11-18)28(31,32)33)36-27(23)37(26)24-21(29)12-20(13-22(24)30)38-15-17-7-4-3-5-8-17/h3-14,16H,15H2,1-2H3. The number of ether oxygens (including phenoxy) is 1. The zero-order valence-corrected chi connectivity index (χ0v) is 20.3. The van der Waals surface area contributed by atoms with Crippen LogP contribution in [0, 0.1) is 11.6 Å². The van der Waals surface area contributed by atoms with Crippen molar-refractivity contribution in [3.05, 3.63) is 102 Å². The van der Waals surface area contributed by atoms with Gasteiger partial charge in [-0.1, -0.05) is 56.3 Å². The van der Waals surface area contributed by atoms with E-state index in [-0.39, 0.29) is 40.8 Å². The lowest BCUT2D eigenvalue weighted by Crippen LogP contribution is -2.09. The maximum absolute atomic E-state index is 15.4. The SMILES string of the molecule is CC(C)c1nc2cnc(-c3cccc(C(F)(F)F)c3)nc2n1-c1c(F)cc(OCc2ccccc2)cc1F. The highest BCUT2D eigenvalue weighted by Gasteiger charge is 2.31. The summed E-state index contributed by atoms with van der Waals surface area (Å²) >= 11 is 0. The minimum Gasteiger partial charge on any atom is -0.489 e. The smallest absolute Gasteiger partial charge is 0.416 e. The summed E-state index contributed by atoms with van der Waals surface area (Å²) in [5, 5.41) is 0. The van der Waals surface area contributed by atoms with Crippen LogP contribution in [0.4, 0.5) is 22.0 Å². The molecule has 5 rings (SSSR count). The van der Waals surface area contributed by atoms with Crippen LogP contribution < -0.4 is 4.74 Å². The molecule has 0 fully saturated rings. The molecule has 0 unspecified atom stereocenters. The van der Waals surface area contributed by atoms with Gasteiger partial charge in [0.25, 0.3) is 0 Å². The third-order valence-electron chi connectivity index (χ3n) is 5.85. The lowest BCUT2D eigenvalue weighted by Gasteiger charge is -2.15. The summed E-state index contributed by atoms with van der Waals surface area (Å²) < 4.78 is 77.4. The van der Waals surface area contributed by atoms with Gasteiger partial charge in [-0.05, 0) is 17.7 Å². The number of rotatable bonds is 6. The fourth-order valence-corrected chi connectivity index (χ4v) is 4.05. The summed E-state index contributed by atoms with van der Waals surface area (Å²) in [6.07, 6.45) is -3.23. The zero-order chi connectivity index (χ0) is 27.0. The molecule has 0 atom stereocenters. The van der Waals surface area contributed by atoms with Gasteiger partial charge in [-0.2, -0.15) is 13.2 Å². The molecule has 3 aromatic carbocycles. The van der Waals surface area contributed by atoms with E-state index in [9.17, 15) is 13.2 Å². The van der Waals surface area contributed by atoms with Gasteiger partial charge in [0.1, 0.15) is 29.4 Å². The average Bonchev–Trinajstić information content (AvgIpc) is 3.26. The van der Waals surface area contributed by atoms with E-state index in [1.54, 1.807) is 13.8 Å². The van der Waals surface area contributed by atoms with E-state index >= 15 is 8.78 Å². The maximum atomic E-state index is 15.4. The Kier molecular flexibility index (Phi) is 6.56. The number of hydrogen-bond acceptors (Lipinski definition) is 4. The molecule has 0 N–H and O–H groups in total. The van der Waals surface area contributed by atoms with E-state index in [0.29, 0.717) is 5.82 Å². The van der Waals surface area contributed by atoms with Crippen molar-refractivity contribution in [1.82, 2.24) is 19.5 Å². The second-order valence-electron chi connectivity index (χ2n) is 8.95. The van der Waals surface area contributed by atoms with Crippen molar-refractivity contribution in [3.8, 4) is 22.8 Å². The van der Waals surface area contributed by atoms with Crippen LogP contribution in [0.1, 0.15) is 36.7 Å². The first-order valence-electron chi connectivity index (χ1n) is 11.7. The molecule has 0 amide bonds. The molecule has 38 heavy (non-hydrogen) atoms. The summed E-state index contributed by atoms with van der Waals surface area (Å²) in [5.41, 5.74) is -0.0419. The predicted octanol–water partition coefficient (Wildman–Crippen LogP) is 7.48. The summed E-state index contributed by atoms with van der Waals surface area (Å²) in [6, 6.07) is 15.9. The number of benzene rings is 3. The van der Waals surface area contributed by atoms with Gasteiger partial charge < -0.3 is 4.74 Å². The van der Waals surface area contributed by atoms with Gasteiger partial charge >= 0.3 is 6.18 Å². The predicted molar refractivity (Wildman–Crippen MR) is 132 cm³/mol. The number of imidazole rings is 1. The molecule has 5 aromatic rings. The summed E-state index contributed by atoms with van der Waals surface area (Å²) in [4.78, 5) is 13.0. The highest BCUT2D eigenvalue weighted by Crippen LogP contribution is 2.34. The van der Waals surface area contributed by atoms with E-state index in [1.165, 1.54) is 22.9 Å². The van der Waals surface area contributed by atoms with Crippen LogP contribution in [0.5, 0.6) is 5.75 Å². The summed E-state index contributed by atoms with van der Waals surface area (Å²) in [5.74, 6) is -1.81. The van der Waals surface area contributed by atoms with Crippen LogP contribution in [0.15, 0.2) is 72.9 Å². The normalized spacial score (nSPS) is 11.9. The first kappa shape index (κ1) is 25.3. The molecule has 194 valence electrons. The number of halogens is 5. The third-order valence-corrected chi connectivity index (χ3v) is 5.85. The fraction of sp³-hybridized carbons (Fsp3) is 0.179. The minimum atomic E-state index is -4.55. The lowest BCUT2D eigenvalue weighted by atomic mass is 10.1. The van der Waals surface area contributed by atoms with Crippen molar-refractivity contribution < 1.29 is 26.7 Å². The molecule has 5 nitrogen and oxygen atoms in total. The second kappa shape index (κ2) is 9.85. The Balaban J connectivity index is 1.60. The fourth-order valence-electron chi connectivity index (χ4n) is 4.05. The molecule has 10 heteroatoms. The summed E-state index contributed by atoms with van der Waals surface area (Å²) in [7, 11) is 0. The van der Waals surface area contributed by atoms with E-state index in [2.05, 4.69) is 15.0 Å². The number of hydrogen-bond donors (Lipinski definition) is 0. The first-order valence-corrected chi connectivity index (χ1v) is 11.7. The van der Waals surface area contributed by atoms with Crippen molar-refractivity contribution in [1.29, 1.82) is 0 Å². The van der Waals surface area contributed by atoms with Crippen molar-refractivity contribution in [2.24, 2.45) is 0 Å². The maximum Gasteiger partial charge on any atom is 0.416 e. The Labute approximate surface area is 214 Å². The molecule has 0 spiro atoms. The Morgan fingerprint density at radius 1 is 0.895 bits per heavy atom. The number of nitrogens with zero attached hydrogens (tertiary/aromatic N) is 4. The number of aromatic nitrogens is 4. The molecule has 0 aliphatic rings. The van der Waals surface area contributed by atoms with Gasteiger partial charge in [0.05, 0.1) is 11.8 Å². The minimum absolute atomic E-state index is 0.00222. The Bertz CT molecular complexity index is 1590. The molecular weight excluding hydrogens is 503 g/mol. The van der Waals surface area contributed by atoms with Crippen LogP contribution in [0.25, 0.3) is 28.2 Å².